The van der Waals surface area contributed by atoms with E-state index in [4.69, 9.17) is 11.6 Å². The zero-order chi connectivity index (χ0) is 21.7. The molecule has 1 spiro atoms. The first kappa shape index (κ1) is 20.8. The SMILES string of the molecule is Cc1ccc(-c2ccc(Cl)cc2)cc1C1=C(O)C2(CCC(C(F)(F)F)CC2)NC1=O. The number of aryl methyl sites for hydroxylation is 1. The van der Waals surface area contributed by atoms with Gasteiger partial charge in [-0.25, -0.2) is 0 Å². The number of hydrogen-bond donors (Lipinski definition) is 2. The van der Waals surface area contributed by atoms with Gasteiger partial charge < -0.3 is 10.4 Å². The number of carbonyl (C=O) groups is 1. The van der Waals surface area contributed by atoms with Crippen molar-refractivity contribution in [2.45, 2.75) is 44.3 Å². The highest BCUT2D eigenvalue weighted by molar-refractivity contribution is 6.30. The van der Waals surface area contributed by atoms with Gasteiger partial charge in [-0.3, -0.25) is 4.79 Å². The Kier molecular flexibility index (Phi) is 5.09. The molecule has 1 aliphatic carbocycles. The van der Waals surface area contributed by atoms with Crippen LogP contribution in [-0.4, -0.2) is 22.7 Å². The standard InChI is InChI=1S/C23H21ClF3NO2/c1-13-2-3-15(14-4-6-17(24)7-5-14)12-18(13)19-20(29)22(28-21(19)30)10-8-16(9-11-22)23(25,26)27/h2-7,12,16,29H,8-11H2,1H3,(H,28,30). The number of aliphatic hydroxyl groups excluding tert-OH is 1. The van der Waals surface area contributed by atoms with E-state index in [1.165, 1.54) is 0 Å². The molecule has 1 heterocycles. The van der Waals surface area contributed by atoms with Crippen LogP contribution in [0.25, 0.3) is 16.7 Å². The van der Waals surface area contributed by atoms with Crippen LogP contribution in [0, 0.1) is 12.8 Å². The number of nitrogens with one attached hydrogen (secondary N) is 1. The first-order chi connectivity index (χ1) is 14.1. The number of rotatable bonds is 2. The first-order valence-corrected chi connectivity index (χ1v) is 10.2. The average molecular weight is 436 g/mol. The van der Waals surface area contributed by atoms with Gasteiger partial charge >= 0.3 is 6.18 Å². The second-order valence-electron chi connectivity index (χ2n) is 8.11. The molecule has 1 fully saturated rings. The number of hydrogen-bond acceptors (Lipinski definition) is 2. The monoisotopic (exact) mass is 435 g/mol. The number of amides is 1. The molecular weight excluding hydrogens is 415 g/mol. The Morgan fingerprint density at radius 1 is 1.07 bits per heavy atom. The minimum Gasteiger partial charge on any atom is -0.509 e. The lowest BCUT2D eigenvalue weighted by molar-refractivity contribution is -0.184. The summed E-state index contributed by atoms with van der Waals surface area (Å²) in [6.45, 7) is 1.83. The minimum atomic E-state index is -4.25. The molecule has 0 aromatic heterocycles. The molecule has 1 saturated carbocycles. The molecule has 2 N–H and O–H groups in total. The van der Waals surface area contributed by atoms with E-state index in [2.05, 4.69) is 5.32 Å². The molecular formula is C23H21ClF3NO2. The topological polar surface area (TPSA) is 49.3 Å². The molecule has 30 heavy (non-hydrogen) atoms. The van der Waals surface area contributed by atoms with Crippen LogP contribution in [0.15, 0.2) is 48.2 Å². The summed E-state index contributed by atoms with van der Waals surface area (Å²) >= 11 is 5.95. The van der Waals surface area contributed by atoms with Gasteiger partial charge in [0, 0.05) is 5.02 Å². The molecule has 4 rings (SSSR count). The smallest absolute Gasteiger partial charge is 0.391 e. The van der Waals surface area contributed by atoms with E-state index in [1.807, 2.05) is 37.3 Å². The van der Waals surface area contributed by atoms with Crippen LogP contribution in [0.4, 0.5) is 13.2 Å². The van der Waals surface area contributed by atoms with Crippen LogP contribution >= 0.6 is 11.6 Å². The molecule has 2 aromatic rings. The van der Waals surface area contributed by atoms with Gasteiger partial charge in [0.05, 0.1) is 17.0 Å². The molecule has 1 amide bonds. The summed E-state index contributed by atoms with van der Waals surface area (Å²) < 4.78 is 39.1. The number of aliphatic hydroxyl groups is 1. The highest BCUT2D eigenvalue weighted by Crippen LogP contribution is 2.47. The zero-order valence-electron chi connectivity index (χ0n) is 16.3. The quantitative estimate of drug-likeness (QED) is 0.589. The van der Waals surface area contributed by atoms with E-state index in [1.54, 1.807) is 12.1 Å². The number of benzene rings is 2. The Balaban J connectivity index is 1.70. The molecule has 3 nitrogen and oxygen atoms in total. The van der Waals surface area contributed by atoms with Gasteiger partial charge in [-0.15, -0.1) is 0 Å². The van der Waals surface area contributed by atoms with Gasteiger partial charge in [-0.05, 0) is 73.1 Å². The summed E-state index contributed by atoms with van der Waals surface area (Å²) in [6, 6.07) is 12.9. The Morgan fingerprint density at radius 3 is 2.27 bits per heavy atom. The molecule has 158 valence electrons. The Bertz CT molecular complexity index is 1020. The van der Waals surface area contributed by atoms with Crippen molar-refractivity contribution in [2.24, 2.45) is 5.92 Å². The Labute approximate surface area is 177 Å². The van der Waals surface area contributed by atoms with Crippen LogP contribution in [0.1, 0.15) is 36.8 Å². The van der Waals surface area contributed by atoms with E-state index >= 15 is 0 Å². The summed E-state index contributed by atoms with van der Waals surface area (Å²) in [5.74, 6) is -1.99. The van der Waals surface area contributed by atoms with E-state index in [-0.39, 0.29) is 37.0 Å². The minimum absolute atomic E-state index is 0.0637. The van der Waals surface area contributed by atoms with Crippen molar-refractivity contribution in [3.63, 3.8) is 0 Å². The van der Waals surface area contributed by atoms with Gasteiger partial charge in [0.15, 0.2) is 0 Å². The van der Waals surface area contributed by atoms with Crippen molar-refractivity contribution >= 4 is 23.1 Å². The summed E-state index contributed by atoms with van der Waals surface area (Å²) in [6.07, 6.45) is -4.37. The van der Waals surface area contributed by atoms with Gasteiger partial charge in [-0.1, -0.05) is 35.9 Å². The highest BCUT2D eigenvalue weighted by atomic mass is 35.5. The lowest BCUT2D eigenvalue weighted by Crippen LogP contribution is -2.48. The third kappa shape index (κ3) is 3.58. The molecule has 0 atom stereocenters. The summed E-state index contributed by atoms with van der Waals surface area (Å²) in [7, 11) is 0. The van der Waals surface area contributed by atoms with E-state index < -0.39 is 23.5 Å². The average Bonchev–Trinajstić information content (AvgIpc) is 2.92. The third-order valence-corrected chi connectivity index (χ3v) is 6.51. The second-order valence-corrected chi connectivity index (χ2v) is 8.55. The Hall–Kier alpha value is -2.47. The molecule has 2 aromatic carbocycles. The van der Waals surface area contributed by atoms with Crippen molar-refractivity contribution in [2.75, 3.05) is 0 Å². The maximum Gasteiger partial charge on any atom is 0.391 e. The summed E-state index contributed by atoms with van der Waals surface area (Å²) in [4.78, 5) is 12.8. The molecule has 1 aliphatic heterocycles. The van der Waals surface area contributed by atoms with Crippen LogP contribution in [0.2, 0.25) is 5.02 Å². The largest absolute Gasteiger partial charge is 0.509 e. The van der Waals surface area contributed by atoms with Crippen LogP contribution in [0.5, 0.6) is 0 Å². The van der Waals surface area contributed by atoms with Crippen LogP contribution in [-0.2, 0) is 4.79 Å². The number of alkyl halides is 3. The van der Waals surface area contributed by atoms with Crippen molar-refractivity contribution in [1.29, 1.82) is 0 Å². The highest BCUT2D eigenvalue weighted by Gasteiger charge is 2.52. The maximum absolute atomic E-state index is 13.0. The van der Waals surface area contributed by atoms with Crippen molar-refractivity contribution in [3.8, 4) is 11.1 Å². The molecule has 0 radical (unpaired) electrons. The molecule has 0 unspecified atom stereocenters. The first-order valence-electron chi connectivity index (χ1n) is 9.81. The van der Waals surface area contributed by atoms with Gasteiger partial charge in [0.2, 0.25) is 0 Å². The predicted molar refractivity (Wildman–Crippen MR) is 110 cm³/mol. The number of halogens is 4. The van der Waals surface area contributed by atoms with Crippen LogP contribution in [0.3, 0.4) is 0 Å². The van der Waals surface area contributed by atoms with Crippen LogP contribution < -0.4 is 5.32 Å². The van der Waals surface area contributed by atoms with Crippen molar-refractivity contribution in [1.82, 2.24) is 5.32 Å². The van der Waals surface area contributed by atoms with Crippen molar-refractivity contribution in [3.05, 3.63) is 64.4 Å². The fraction of sp³-hybridized carbons (Fsp3) is 0.348. The van der Waals surface area contributed by atoms with Crippen molar-refractivity contribution < 1.29 is 23.1 Å². The third-order valence-electron chi connectivity index (χ3n) is 6.26. The molecule has 0 saturated heterocycles. The van der Waals surface area contributed by atoms with Gasteiger partial charge in [-0.2, -0.15) is 13.2 Å². The second kappa shape index (κ2) is 7.34. The lowest BCUT2D eigenvalue weighted by atomic mass is 9.75. The van der Waals surface area contributed by atoms with E-state index in [0.717, 1.165) is 16.7 Å². The fourth-order valence-electron chi connectivity index (χ4n) is 4.45. The Morgan fingerprint density at radius 2 is 1.67 bits per heavy atom. The lowest BCUT2D eigenvalue weighted by Gasteiger charge is -2.37. The normalized spacial score (nSPS) is 24.4. The van der Waals surface area contributed by atoms with Gasteiger partial charge in [0.25, 0.3) is 5.91 Å². The predicted octanol–water partition coefficient (Wildman–Crippen LogP) is 6.21. The fourth-order valence-corrected chi connectivity index (χ4v) is 4.57. The van der Waals surface area contributed by atoms with Gasteiger partial charge in [0.1, 0.15) is 5.76 Å². The zero-order valence-corrected chi connectivity index (χ0v) is 17.1. The summed E-state index contributed by atoms with van der Waals surface area (Å²) in [5.41, 5.74) is 2.16. The number of carbonyl (C=O) groups excluding carboxylic acids is 1. The van der Waals surface area contributed by atoms with E-state index in [9.17, 15) is 23.1 Å². The van der Waals surface area contributed by atoms with E-state index in [0.29, 0.717) is 10.6 Å². The molecule has 7 heteroatoms. The molecule has 0 bridgehead atoms. The molecule has 2 aliphatic rings. The maximum atomic E-state index is 13.0. The summed E-state index contributed by atoms with van der Waals surface area (Å²) in [5, 5.41) is 14.4.